The first-order valence-corrected chi connectivity index (χ1v) is 9.54. The molecule has 0 saturated heterocycles. The Hall–Kier alpha value is -3.01. The molecule has 6 heteroatoms. The molecule has 0 spiro atoms. The first-order chi connectivity index (χ1) is 14.1. The van der Waals surface area contributed by atoms with Gasteiger partial charge in [0.25, 0.3) is 5.91 Å². The zero-order valence-corrected chi connectivity index (χ0v) is 16.7. The lowest BCUT2D eigenvalue weighted by Gasteiger charge is -2.23. The van der Waals surface area contributed by atoms with Crippen LogP contribution in [0.1, 0.15) is 5.56 Å². The molecule has 0 heterocycles. The van der Waals surface area contributed by atoms with E-state index in [1.807, 2.05) is 59.5 Å². The second-order valence-electron chi connectivity index (χ2n) is 6.57. The molecular weight excluding hydrogens is 368 g/mol. The average Bonchev–Trinajstić information content (AvgIpc) is 2.76. The zero-order valence-electron chi connectivity index (χ0n) is 16.7. The number of aliphatic hydroxyl groups excluding tert-OH is 1. The molecule has 29 heavy (non-hydrogen) atoms. The smallest absolute Gasteiger partial charge is 0.257 e. The van der Waals surface area contributed by atoms with Gasteiger partial charge in [0.2, 0.25) is 0 Å². The van der Waals surface area contributed by atoms with Gasteiger partial charge in [-0.05, 0) is 36.2 Å². The molecule has 2 rings (SSSR count). The normalized spacial score (nSPS) is 11.5. The largest absolute Gasteiger partial charge is 0.491 e. The summed E-state index contributed by atoms with van der Waals surface area (Å²) < 4.78 is 11.0. The first kappa shape index (κ1) is 22.3. The Bertz CT molecular complexity index is 772. The maximum absolute atomic E-state index is 11.2. The van der Waals surface area contributed by atoms with E-state index < -0.39 is 6.10 Å². The third kappa shape index (κ3) is 8.69. The van der Waals surface area contributed by atoms with Gasteiger partial charge in [0.05, 0.1) is 6.54 Å². The lowest BCUT2D eigenvalue weighted by atomic mass is 10.1. The fourth-order valence-electron chi connectivity index (χ4n) is 2.68. The van der Waals surface area contributed by atoms with Gasteiger partial charge in [-0.1, -0.05) is 36.3 Å². The van der Waals surface area contributed by atoms with Crippen molar-refractivity contribution < 1.29 is 19.4 Å². The van der Waals surface area contributed by atoms with Gasteiger partial charge in [0, 0.05) is 20.1 Å². The standard InChI is InChI=1S/C23H28N2O4/c1-3-14-25(16-20(26)17-28-21-7-5-4-6-8-21)15-13-19-9-11-22(12-10-19)29-18-23(27)24-2/h1,4-12,20,26H,13-18H2,2H3,(H,24,27). The van der Waals surface area contributed by atoms with Crippen molar-refractivity contribution >= 4 is 5.91 Å². The first-order valence-electron chi connectivity index (χ1n) is 9.54. The summed E-state index contributed by atoms with van der Waals surface area (Å²) in [6, 6.07) is 17.0. The number of aliphatic hydroxyl groups is 1. The van der Waals surface area contributed by atoms with E-state index in [0.29, 0.717) is 25.4 Å². The number of likely N-dealkylation sites (N-methyl/N-ethyl adjacent to an activating group) is 1. The minimum atomic E-state index is -0.635. The molecular formula is C23H28N2O4. The molecule has 2 N–H and O–H groups in total. The van der Waals surface area contributed by atoms with Crippen molar-refractivity contribution in [2.75, 3.05) is 39.9 Å². The van der Waals surface area contributed by atoms with Crippen LogP contribution in [0.3, 0.4) is 0 Å². The number of ether oxygens (including phenoxy) is 2. The fraction of sp³-hybridized carbons (Fsp3) is 0.348. The van der Waals surface area contributed by atoms with Crippen LogP contribution in [0.4, 0.5) is 0 Å². The lowest BCUT2D eigenvalue weighted by Crippen LogP contribution is -2.37. The Morgan fingerprint density at radius 2 is 1.83 bits per heavy atom. The maximum Gasteiger partial charge on any atom is 0.257 e. The molecule has 6 nitrogen and oxygen atoms in total. The molecule has 0 aromatic heterocycles. The molecule has 2 aromatic rings. The predicted octanol–water partition coefficient (Wildman–Crippen LogP) is 1.73. The van der Waals surface area contributed by atoms with Gasteiger partial charge >= 0.3 is 0 Å². The third-order valence-electron chi connectivity index (χ3n) is 4.26. The van der Waals surface area contributed by atoms with Gasteiger partial charge in [-0.2, -0.15) is 0 Å². The van der Waals surface area contributed by atoms with Crippen LogP contribution in [0.2, 0.25) is 0 Å². The van der Waals surface area contributed by atoms with E-state index in [-0.39, 0.29) is 19.1 Å². The summed E-state index contributed by atoms with van der Waals surface area (Å²) in [4.78, 5) is 13.2. The summed E-state index contributed by atoms with van der Waals surface area (Å²) >= 11 is 0. The fourth-order valence-corrected chi connectivity index (χ4v) is 2.68. The van der Waals surface area contributed by atoms with Crippen LogP contribution < -0.4 is 14.8 Å². The van der Waals surface area contributed by atoms with Gasteiger partial charge < -0.3 is 19.9 Å². The van der Waals surface area contributed by atoms with Crippen molar-refractivity contribution in [1.29, 1.82) is 0 Å². The van der Waals surface area contributed by atoms with Gasteiger partial charge in [-0.3, -0.25) is 9.69 Å². The van der Waals surface area contributed by atoms with Gasteiger partial charge in [-0.25, -0.2) is 0 Å². The minimum Gasteiger partial charge on any atom is -0.491 e. The summed E-state index contributed by atoms with van der Waals surface area (Å²) in [5.74, 6) is 3.84. The van der Waals surface area contributed by atoms with Crippen molar-refractivity contribution in [1.82, 2.24) is 10.2 Å². The topological polar surface area (TPSA) is 71.0 Å². The summed E-state index contributed by atoms with van der Waals surface area (Å²) in [6.07, 6.45) is 5.62. The lowest BCUT2D eigenvalue weighted by molar-refractivity contribution is -0.122. The SMILES string of the molecule is C#CCN(CCc1ccc(OCC(=O)NC)cc1)CC(O)COc1ccccc1. The van der Waals surface area contributed by atoms with Gasteiger partial charge in [0.15, 0.2) is 6.61 Å². The quantitative estimate of drug-likeness (QED) is 0.535. The predicted molar refractivity (Wildman–Crippen MR) is 113 cm³/mol. The molecule has 0 radical (unpaired) electrons. The molecule has 0 saturated carbocycles. The van der Waals surface area contributed by atoms with E-state index in [9.17, 15) is 9.90 Å². The Balaban J connectivity index is 1.77. The van der Waals surface area contributed by atoms with Crippen LogP contribution in [-0.4, -0.2) is 61.9 Å². The minimum absolute atomic E-state index is 0.00522. The molecule has 0 aliphatic rings. The third-order valence-corrected chi connectivity index (χ3v) is 4.26. The summed E-state index contributed by atoms with van der Waals surface area (Å²) in [5.41, 5.74) is 1.12. The second kappa shape index (κ2) is 12.4. The summed E-state index contributed by atoms with van der Waals surface area (Å²) in [7, 11) is 1.57. The van der Waals surface area contributed by atoms with E-state index in [0.717, 1.165) is 17.7 Å². The van der Waals surface area contributed by atoms with E-state index in [4.69, 9.17) is 15.9 Å². The number of carbonyl (C=O) groups is 1. The molecule has 0 fully saturated rings. The Morgan fingerprint density at radius 3 is 2.48 bits per heavy atom. The van der Waals surface area contributed by atoms with Crippen LogP contribution in [0.25, 0.3) is 0 Å². The van der Waals surface area contributed by atoms with Crippen molar-refractivity contribution in [3.63, 3.8) is 0 Å². The number of nitrogens with zero attached hydrogens (tertiary/aromatic N) is 1. The van der Waals surface area contributed by atoms with E-state index >= 15 is 0 Å². The number of rotatable bonds is 12. The highest BCUT2D eigenvalue weighted by molar-refractivity contribution is 5.77. The number of benzene rings is 2. The average molecular weight is 396 g/mol. The maximum atomic E-state index is 11.2. The highest BCUT2D eigenvalue weighted by Gasteiger charge is 2.12. The molecule has 0 bridgehead atoms. The van der Waals surface area contributed by atoms with Crippen LogP contribution >= 0.6 is 0 Å². The molecule has 0 aliphatic heterocycles. The van der Waals surface area contributed by atoms with Gasteiger partial charge in [-0.15, -0.1) is 6.42 Å². The number of terminal acetylenes is 1. The molecule has 1 atom stereocenters. The van der Waals surface area contributed by atoms with Crippen molar-refractivity contribution in [2.24, 2.45) is 0 Å². The van der Waals surface area contributed by atoms with E-state index in [1.54, 1.807) is 7.05 Å². The highest BCUT2D eigenvalue weighted by Crippen LogP contribution is 2.13. The number of hydrogen-bond donors (Lipinski definition) is 2. The van der Waals surface area contributed by atoms with E-state index in [2.05, 4.69) is 11.2 Å². The van der Waals surface area contributed by atoms with Crippen molar-refractivity contribution in [3.8, 4) is 23.8 Å². The molecule has 154 valence electrons. The Labute approximate surface area is 172 Å². The van der Waals surface area contributed by atoms with Crippen LogP contribution in [0, 0.1) is 12.3 Å². The number of nitrogens with one attached hydrogen (secondary N) is 1. The number of amides is 1. The molecule has 1 unspecified atom stereocenters. The summed E-state index contributed by atoms with van der Waals surface area (Å²) in [5, 5.41) is 12.8. The molecule has 2 aromatic carbocycles. The van der Waals surface area contributed by atoms with Crippen LogP contribution in [0.15, 0.2) is 54.6 Å². The van der Waals surface area contributed by atoms with Gasteiger partial charge in [0.1, 0.15) is 24.2 Å². The van der Waals surface area contributed by atoms with Crippen molar-refractivity contribution in [2.45, 2.75) is 12.5 Å². The Morgan fingerprint density at radius 1 is 1.14 bits per heavy atom. The molecule has 1 amide bonds. The number of hydrogen-bond acceptors (Lipinski definition) is 5. The van der Waals surface area contributed by atoms with Crippen LogP contribution in [0.5, 0.6) is 11.5 Å². The number of para-hydroxylation sites is 1. The Kier molecular flexibility index (Phi) is 9.56. The monoisotopic (exact) mass is 396 g/mol. The van der Waals surface area contributed by atoms with Crippen LogP contribution in [-0.2, 0) is 11.2 Å². The van der Waals surface area contributed by atoms with Crippen molar-refractivity contribution in [3.05, 3.63) is 60.2 Å². The second-order valence-corrected chi connectivity index (χ2v) is 6.57. The summed E-state index contributed by atoms with van der Waals surface area (Å²) in [6.45, 7) is 1.81. The number of carbonyl (C=O) groups excluding carboxylic acids is 1. The molecule has 0 aliphatic carbocycles. The zero-order chi connectivity index (χ0) is 20.9. The highest BCUT2D eigenvalue weighted by atomic mass is 16.5. The van der Waals surface area contributed by atoms with E-state index in [1.165, 1.54) is 0 Å².